The van der Waals surface area contributed by atoms with Gasteiger partial charge in [0.15, 0.2) is 5.78 Å². The molecule has 32 heavy (non-hydrogen) atoms. The van der Waals surface area contributed by atoms with Crippen LogP contribution < -0.4 is 0 Å². The normalized spacial score (nSPS) is 15.0. The van der Waals surface area contributed by atoms with Crippen molar-refractivity contribution in [1.29, 1.82) is 0 Å². The Balaban J connectivity index is 1.46. The molecule has 166 valence electrons. The first kappa shape index (κ1) is 22.0. The van der Waals surface area contributed by atoms with Gasteiger partial charge in [-0.25, -0.2) is 8.42 Å². The van der Waals surface area contributed by atoms with Gasteiger partial charge in [0.05, 0.1) is 4.90 Å². The molecule has 2 heterocycles. The van der Waals surface area contributed by atoms with Crippen molar-refractivity contribution in [3.8, 4) is 5.69 Å². The number of rotatable bonds is 5. The van der Waals surface area contributed by atoms with Gasteiger partial charge in [-0.15, -0.1) is 0 Å². The summed E-state index contributed by atoms with van der Waals surface area (Å²) < 4.78 is 29.3. The summed E-state index contributed by atoms with van der Waals surface area (Å²) in [5, 5.41) is 0. The number of ketones is 1. The van der Waals surface area contributed by atoms with Crippen LogP contribution in [0.2, 0.25) is 0 Å². The average Bonchev–Trinajstić information content (AvgIpc) is 3.34. The molecule has 7 nitrogen and oxygen atoms in total. The van der Waals surface area contributed by atoms with Gasteiger partial charge in [0.1, 0.15) is 0 Å². The summed E-state index contributed by atoms with van der Waals surface area (Å²) in [4.78, 5) is 26.3. The average molecular weight is 452 g/mol. The molecule has 3 aromatic rings. The maximum absolute atomic E-state index is 13.1. The second-order valence-corrected chi connectivity index (χ2v) is 9.81. The number of piperazine rings is 1. The number of carbonyl (C=O) groups is 2. The highest BCUT2D eigenvalue weighted by molar-refractivity contribution is 7.89. The fourth-order valence-electron chi connectivity index (χ4n) is 3.84. The van der Waals surface area contributed by atoms with Crippen LogP contribution in [0.15, 0.2) is 71.9 Å². The van der Waals surface area contributed by atoms with Crippen molar-refractivity contribution >= 4 is 21.7 Å². The number of benzene rings is 2. The minimum Gasteiger partial charge on any atom is -0.336 e. The van der Waals surface area contributed by atoms with Crippen LogP contribution in [0.1, 0.15) is 33.2 Å². The molecule has 0 N–H and O–H groups in total. The maximum atomic E-state index is 13.1. The zero-order chi connectivity index (χ0) is 22.9. The lowest BCUT2D eigenvalue weighted by molar-refractivity contribution is 0.0697. The molecule has 0 atom stereocenters. The molecular weight excluding hydrogens is 426 g/mol. The van der Waals surface area contributed by atoms with Gasteiger partial charge in [0.25, 0.3) is 5.91 Å². The largest absolute Gasteiger partial charge is 0.336 e. The quantitative estimate of drug-likeness (QED) is 0.558. The lowest BCUT2D eigenvalue weighted by atomic mass is 10.1. The monoisotopic (exact) mass is 451 g/mol. The third kappa shape index (κ3) is 4.24. The highest BCUT2D eigenvalue weighted by atomic mass is 32.2. The molecule has 1 aliphatic heterocycles. The minimum atomic E-state index is -3.68. The molecule has 0 aliphatic carbocycles. The van der Waals surface area contributed by atoms with Crippen LogP contribution in [0.3, 0.4) is 0 Å². The van der Waals surface area contributed by atoms with Crippen molar-refractivity contribution in [2.24, 2.45) is 0 Å². The zero-order valence-corrected chi connectivity index (χ0v) is 18.9. The summed E-state index contributed by atoms with van der Waals surface area (Å²) in [6.45, 7) is 4.51. The van der Waals surface area contributed by atoms with Gasteiger partial charge in [-0.05, 0) is 55.8 Å². The molecule has 8 heteroatoms. The smallest absolute Gasteiger partial charge is 0.254 e. The van der Waals surface area contributed by atoms with Gasteiger partial charge in [-0.3, -0.25) is 9.59 Å². The Morgan fingerprint density at radius 1 is 0.844 bits per heavy atom. The van der Waals surface area contributed by atoms with E-state index in [1.54, 1.807) is 4.90 Å². The molecule has 1 aromatic heterocycles. The van der Waals surface area contributed by atoms with E-state index in [-0.39, 0.29) is 29.7 Å². The summed E-state index contributed by atoms with van der Waals surface area (Å²) in [6.07, 6.45) is 3.87. The Hall–Kier alpha value is -3.23. The Morgan fingerprint density at radius 3 is 2.03 bits per heavy atom. The van der Waals surface area contributed by atoms with Crippen LogP contribution in [0.4, 0.5) is 0 Å². The van der Waals surface area contributed by atoms with E-state index >= 15 is 0 Å². The van der Waals surface area contributed by atoms with Gasteiger partial charge in [-0.1, -0.05) is 18.2 Å². The Morgan fingerprint density at radius 2 is 1.44 bits per heavy atom. The molecule has 1 amide bonds. The fraction of sp³-hybridized carbons (Fsp3) is 0.250. The van der Waals surface area contributed by atoms with Crippen LogP contribution in [0, 0.1) is 6.92 Å². The highest BCUT2D eigenvalue weighted by Crippen LogP contribution is 2.21. The second-order valence-electron chi connectivity index (χ2n) is 7.87. The fourth-order valence-corrected chi connectivity index (χ4v) is 5.26. The van der Waals surface area contributed by atoms with E-state index in [1.807, 2.05) is 54.2 Å². The number of carbonyl (C=O) groups excluding carboxylic acids is 2. The molecule has 2 aromatic carbocycles. The molecule has 1 fully saturated rings. The van der Waals surface area contributed by atoms with Crippen molar-refractivity contribution in [3.05, 3.63) is 83.7 Å². The third-order valence-electron chi connectivity index (χ3n) is 5.76. The maximum Gasteiger partial charge on any atom is 0.254 e. The van der Waals surface area contributed by atoms with Gasteiger partial charge < -0.3 is 9.47 Å². The van der Waals surface area contributed by atoms with Crippen LogP contribution in [0.25, 0.3) is 5.69 Å². The summed E-state index contributed by atoms with van der Waals surface area (Å²) in [5.74, 6) is -0.224. The Kier molecular flexibility index (Phi) is 5.99. The minimum absolute atomic E-state index is 0.110. The van der Waals surface area contributed by atoms with Gasteiger partial charge >= 0.3 is 0 Å². The first-order valence-corrected chi connectivity index (χ1v) is 11.9. The predicted molar refractivity (Wildman–Crippen MR) is 122 cm³/mol. The molecule has 1 aliphatic rings. The standard InChI is InChI=1S/C24H25N3O4S/c1-18-5-6-21(17-23(18)25-11-3-4-12-25)24(29)26-13-15-27(16-14-26)32(30,31)22-9-7-20(8-10-22)19(2)28/h3-12,17H,13-16H2,1-2H3. The van der Waals surface area contributed by atoms with Gasteiger partial charge in [0.2, 0.25) is 10.0 Å². The zero-order valence-electron chi connectivity index (χ0n) is 18.1. The van der Waals surface area contributed by atoms with E-state index in [4.69, 9.17) is 0 Å². The van der Waals surface area contributed by atoms with E-state index in [2.05, 4.69) is 0 Å². The van der Waals surface area contributed by atoms with Crippen LogP contribution >= 0.6 is 0 Å². The lowest BCUT2D eigenvalue weighted by Crippen LogP contribution is -2.50. The van der Waals surface area contributed by atoms with Crippen molar-refractivity contribution in [2.45, 2.75) is 18.7 Å². The van der Waals surface area contributed by atoms with Crippen molar-refractivity contribution in [3.63, 3.8) is 0 Å². The molecular formula is C24H25N3O4S. The first-order valence-electron chi connectivity index (χ1n) is 10.4. The van der Waals surface area contributed by atoms with E-state index in [9.17, 15) is 18.0 Å². The number of hydrogen-bond donors (Lipinski definition) is 0. The van der Waals surface area contributed by atoms with Crippen molar-refractivity contribution in [1.82, 2.24) is 13.8 Å². The SMILES string of the molecule is CC(=O)c1ccc(S(=O)(=O)N2CCN(C(=O)c3ccc(C)c(-n4cccc4)c3)CC2)cc1. The summed E-state index contributed by atoms with van der Waals surface area (Å²) in [6, 6.07) is 15.4. The van der Waals surface area contributed by atoms with Crippen LogP contribution in [-0.2, 0) is 10.0 Å². The van der Waals surface area contributed by atoms with Gasteiger partial charge in [0, 0.05) is 55.4 Å². The number of amides is 1. The van der Waals surface area contributed by atoms with Crippen LogP contribution in [0.5, 0.6) is 0 Å². The Labute approximate surface area is 187 Å². The molecule has 0 saturated carbocycles. The summed E-state index contributed by atoms with van der Waals surface area (Å²) in [7, 11) is -3.68. The van der Waals surface area contributed by atoms with Gasteiger partial charge in [-0.2, -0.15) is 4.31 Å². The van der Waals surface area contributed by atoms with E-state index < -0.39 is 10.0 Å². The summed E-state index contributed by atoms with van der Waals surface area (Å²) >= 11 is 0. The van der Waals surface area contributed by atoms with Crippen molar-refractivity contribution < 1.29 is 18.0 Å². The third-order valence-corrected chi connectivity index (χ3v) is 7.68. The number of nitrogens with zero attached hydrogens (tertiary/aromatic N) is 3. The molecule has 4 rings (SSSR count). The molecule has 0 bridgehead atoms. The molecule has 1 saturated heterocycles. The number of hydrogen-bond acceptors (Lipinski definition) is 4. The molecule has 0 unspecified atom stereocenters. The van der Waals surface area contributed by atoms with Crippen LogP contribution in [-0.4, -0.2) is 60.1 Å². The highest BCUT2D eigenvalue weighted by Gasteiger charge is 2.30. The van der Waals surface area contributed by atoms with E-state index in [0.29, 0.717) is 24.2 Å². The number of sulfonamides is 1. The summed E-state index contributed by atoms with van der Waals surface area (Å²) in [5.41, 5.74) is 3.05. The molecule has 0 radical (unpaired) electrons. The van der Waals surface area contributed by atoms with E-state index in [1.165, 1.54) is 35.5 Å². The number of Topliss-reactive ketones (excluding diaryl/α,β-unsaturated/α-hetero) is 1. The Bertz CT molecular complexity index is 1240. The lowest BCUT2D eigenvalue weighted by Gasteiger charge is -2.34. The first-order chi connectivity index (χ1) is 15.3. The predicted octanol–water partition coefficient (Wildman–Crippen LogP) is 3.14. The number of aryl methyl sites for hydroxylation is 1. The van der Waals surface area contributed by atoms with E-state index in [0.717, 1.165) is 11.3 Å². The van der Waals surface area contributed by atoms with Crippen molar-refractivity contribution in [2.75, 3.05) is 26.2 Å². The number of aromatic nitrogens is 1. The second kappa shape index (κ2) is 8.72. The molecule has 0 spiro atoms. The topological polar surface area (TPSA) is 79.7 Å².